The quantitative estimate of drug-likeness (QED) is 0.722. The van der Waals surface area contributed by atoms with Crippen LogP contribution in [-0.4, -0.2) is 29.6 Å². The third-order valence-corrected chi connectivity index (χ3v) is 2.93. The van der Waals surface area contributed by atoms with Gasteiger partial charge in [-0.25, -0.2) is 4.39 Å². The van der Waals surface area contributed by atoms with Crippen molar-refractivity contribution >= 4 is 17.5 Å². The number of carbonyl (C=O) groups is 2. The smallest absolute Gasteiger partial charge is 0.313 e. The largest absolute Gasteiger partial charge is 0.394 e. The molecular weight excluding hydrogens is 275 g/mol. The molecule has 0 aliphatic heterocycles. The van der Waals surface area contributed by atoms with Crippen molar-refractivity contribution in [3.8, 4) is 0 Å². The first kappa shape index (κ1) is 17.1. The molecule has 0 bridgehead atoms. The molecule has 21 heavy (non-hydrogen) atoms. The second-order valence-corrected chi connectivity index (χ2v) is 5.40. The highest BCUT2D eigenvalue weighted by atomic mass is 19.1. The number of amides is 2. The molecule has 0 heterocycles. The number of aliphatic hydroxyl groups excluding tert-OH is 1. The highest BCUT2D eigenvalue weighted by Gasteiger charge is 2.19. The average molecular weight is 296 g/mol. The fraction of sp³-hybridized carbons (Fsp3) is 0.467. The Hall–Kier alpha value is -1.95. The van der Waals surface area contributed by atoms with E-state index in [9.17, 15) is 19.1 Å². The van der Waals surface area contributed by atoms with Gasteiger partial charge in [0.1, 0.15) is 5.82 Å². The van der Waals surface area contributed by atoms with Crippen LogP contribution in [0.3, 0.4) is 0 Å². The number of hydrogen-bond donors (Lipinski definition) is 3. The van der Waals surface area contributed by atoms with Crippen LogP contribution in [0.15, 0.2) is 18.2 Å². The third kappa shape index (κ3) is 5.51. The molecule has 0 aliphatic carbocycles. The standard InChI is InChI=1S/C15H21FN2O3/c1-9(2)6-12(8-19)18-15(21)14(20)17-11-4-5-13(16)10(3)7-11/h4-5,7,9,12,19H,6,8H2,1-3H3,(H,17,20)(H,18,21). The number of rotatable bonds is 5. The lowest BCUT2D eigenvalue weighted by Crippen LogP contribution is -2.44. The number of benzene rings is 1. The highest BCUT2D eigenvalue weighted by Crippen LogP contribution is 2.13. The zero-order chi connectivity index (χ0) is 16.0. The fourth-order valence-corrected chi connectivity index (χ4v) is 1.91. The maximum atomic E-state index is 13.1. The normalized spacial score (nSPS) is 12.1. The molecule has 1 rings (SSSR count). The molecule has 116 valence electrons. The minimum absolute atomic E-state index is 0.229. The van der Waals surface area contributed by atoms with Gasteiger partial charge < -0.3 is 15.7 Å². The summed E-state index contributed by atoms with van der Waals surface area (Å²) in [5, 5.41) is 14.0. The molecule has 2 amide bonds. The Morgan fingerprint density at radius 3 is 2.48 bits per heavy atom. The lowest BCUT2D eigenvalue weighted by Gasteiger charge is -2.17. The monoisotopic (exact) mass is 296 g/mol. The Morgan fingerprint density at radius 2 is 1.95 bits per heavy atom. The predicted octanol–water partition coefficient (Wildman–Crippen LogP) is 1.60. The molecule has 0 aliphatic rings. The molecule has 0 saturated carbocycles. The van der Waals surface area contributed by atoms with Gasteiger partial charge in [-0.15, -0.1) is 0 Å². The van der Waals surface area contributed by atoms with Crippen molar-refractivity contribution in [1.82, 2.24) is 5.32 Å². The minimum atomic E-state index is -0.844. The zero-order valence-corrected chi connectivity index (χ0v) is 12.4. The van der Waals surface area contributed by atoms with Crippen molar-refractivity contribution in [2.45, 2.75) is 33.2 Å². The van der Waals surface area contributed by atoms with Gasteiger partial charge in [0, 0.05) is 5.69 Å². The van der Waals surface area contributed by atoms with E-state index in [1.165, 1.54) is 18.2 Å². The van der Waals surface area contributed by atoms with Crippen LogP contribution in [0.1, 0.15) is 25.8 Å². The zero-order valence-electron chi connectivity index (χ0n) is 12.4. The molecule has 0 aromatic heterocycles. The molecule has 1 aromatic carbocycles. The van der Waals surface area contributed by atoms with Crippen LogP contribution in [0.4, 0.5) is 10.1 Å². The highest BCUT2D eigenvalue weighted by molar-refractivity contribution is 6.39. The number of aryl methyl sites for hydroxylation is 1. The molecule has 0 radical (unpaired) electrons. The van der Waals surface area contributed by atoms with Crippen LogP contribution in [0.2, 0.25) is 0 Å². The summed E-state index contributed by atoms with van der Waals surface area (Å²) in [5.41, 5.74) is 0.722. The van der Waals surface area contributed by atoms with Gasteiger partial charge in [0.15, 0.2) is 0 Å². The summed E-state index contributed by atoms with van der Waals surface area (Å²) in [6.07, 6.45) is 0.575. The van der Waals surface area contributed by atoms with Crippen molar-refractivity contribution in [1.29, 1.82) is 0 Å². The molecule has 1 aromatic rings. The second-order valence-electron chi connectivity index (χ2n) is 5.40. The first-order valence-electron chi connectivity index (χ1n) is 6.82. The molecule has 5 nitrogen and oxygen atoms in total. The number of aliphatic hydroxyl groups is 1. The molecule has 3 N–H and O–H groups in total. The first-order chi connectivity index (χ1) is 9.83. The van der Waals surface area contributed by atoms with Crippen LogP contribution < -0.4 is 10.6 Å². The second kappa shape index (κ2) is 7.73. The van der Waals surface area contributed by atoms with Crippen molar-refractivity contribution in [3.05, 3.63) is 29.6 Å². The molecule has 0 saturated heterocycles. The van der Waals surface area contributed by atoms with E-state index in [4.69, 9.17) is 0 Å². The Labute approximate surface area is 123 Å². The van der Waals surface area contributed by atoms with Crippen LogP contribution in [0.5, 0.6) is 0 Å². The number of anilines is 1. The van der Waals surface area contributed by atoms with E-state index in [-0.39, 0.29) is 18.3 Å². The average Bonchev–Trinajstić information content (AvgIpc) is 2.41. The number of halogens is 1. The number of carbonyl (C=O) groups excluding carboxylic acids is 2. The topological polar surface area (TPSA) is 78.4 Å². The van der Waals surface area contributed by atoms with E-state index >= 15 is 0 Å². The lowest BCUT2D eigenvalue weighted by molar-refractivity contribution is -0.136. The van der Waals surface area contributed by atoms with Gasteiger partial charge in [-0.05, 0) is 43.0 Å². The maximum absolute atomic E-state index is 13.1. The van der Waals surface area contributed by atoms with E-state index in [0.29, 0.717) is 17.7 Å². The van der Waals surface area contributed by atoms with E-state index in [1.807, 2.05) is 13.8 Å². The summed E-state index contributed by atoms with van der Waals surface area (Å²) in [6.45, 7) is 5.24. The van der Waals surface area contributed by atoms with Crippen LogP contribution in [-0.2, 0) is 9.59 Å². The first-order valence-corrected chi connectivity index (χ1v) is 6.82. The van der Waals surface area contributed by atoms with Crippen molar-refractivity contribution in [2.24, 2.45) is 5.92 Å². The van der Waals surface area contributed by atoms with Crippen molar-refractivity contribution < 1.29 is 19.1 Å². The van der Waals surface area contributed by atoms with Gasteiger partial charge >= 0.3 is 11.8 Å². The van der Waals surface area contributed by atoms with Gasteiger partial charge in [0.25, 0.3) is 0 Å². The summed E-state index contributed by atoms with van der Waals surface area (Å²) >= 11 is 0. The Bertz CT molecular complexity index is 518. The number of hydrogen-bond acceptors (Lipinski definition) is 3. The van der Waals surface area contributed by atoms with Gasteiger partial charge in [0.05, 0.1) is 12.6 Å². The van der Waals surface area contributed by atoms with E-state index in [2.05, 4.69) is 10.6 Å². The Kier molecular flexibility index (Phi) is 6.30. The maximum Gasteiger partial charge on any atom is 0.313 e. The van der Waals surface area contributed by atoms with Gasteiger partial charge in [-0.3, -0.25) is 9.59 Å². The van der Waals surface area contributed by atoms with E-state index in [0.717, 1.165) is 0 Å². The molecule has 1 unspecified atom stereocenters. The fourth-order valence-electron chi connectivity index (χ4n) is 1.91. The van der Waals surface area contributed by atoms with Crippen molar-refractivity contribution in [3.63, 3.8) is 0 Å². The van der Waals surface area contributed by atoms with E-state index < -0.39 is 17.9 Å². The number of nitrogens with one attached hydrogen (secondary N) is 2. The summed E-state index contributed by atoms with van der Waals surface area (Å²) in [4.78, 5) is 23.5. The predicted molar refractivity (Wildman–Crippen MR) is 78.2 cm³/mol. The minimum Gasteiger partial charge on any atom is -0.394 e. The van der Waals surface area contributed by atoms with Gasteiger partial charge in [-0.1, -0.05) is 13.8 Å². The van der Waals surface area contributed by atoms with Crippen LogP contribution in [0, 0.1) is 18.7 Å². The Morgan fingerprint density at radius 1 is 1.29 bits per heavy atom. The molecule has 6 heteroatoms. The lowest BCUT2D eigenvalue weighted by atomic mass is 10.0. The SMILES string of the molecule is Cc1cc(NC(=O)C(=O)NC(CO)CC(C)C)ccc1F. The molecule has 1 atom stereocenters. The Balaban J connectivity index is 2.61. The van der Waals surface area contributed by atoms with Crippen LogP contribution in [0.25, 0.3) is 0 Å². The molecule has 0 spiro atoms. The molecule has 0 fully saturated rings. The van der Waals surface area contributed by atoms with Gasteiger partial charge in [0.2, 0.25) is 0 Å². The summed E-state index contributed by atoms with van der Waals surface area (Å²) in [7, 11) is 0. The van der Waals surface area contributed by atoms with Crippen molar-refractivity contribution in [2.75, 3.05) is 11.9 Å². The van der Waals surface area contributed by atoms with Gasteiger partial charge in [-0.2, -0.15) is 0 Å². The van der Waals surface area contributed by atoms with E-state index in [1.54, 1.807) is 6.92 Å². The van der Waals surface area contributed by atoms with Crippen LogP contribution >= 0.6 is 0 Å². The summed E-state index contributed by atoms with van der Waals surface area (Å²) in [5.74, 6) is -1.76. The summed E-state index contributed by atoms with van der Waals surface area (Å²) < 4.78 is 13.1. The summed E-state index contributed by atoms with van der Waals surface area (Å²) in [6, 6.07) is 3.58. The molecular formula is C15H21FN2O3. The third-order valence-electron chi connectivity index (χ3n) is 2.93.